The highest BCUT2D eigenvalue weighted by Gasteiger charge is 2.41. The molecule has 2 heterocycles. The summed E-state index contributed by atoms with van der Waals surface area (Å²) in [7, 11) is 0. The lowest BCUT2D eigenvalue weighted by Crippen LogP contribution is -2.49. The van der Waals surface area contributed by atoms with Crippen molar-refractivity contribution in [3.63, 3.8) is 0 Å². The molecule has 5 amide bonds. The smallest absolute Gasteiger partial charge is 0.327 e. The number of carboxylic acid groups (broad SMARTS) is 3. The van der Waals surface area contributed by atoms with Crippen LogP contribution in [0.25, 0.3) is 33.4 Å². The number of phenolic OH excluding ortho intramolecular Hbond substituents is 1. The number of fused-ring (bicyclic) bond motifs is 2. The van der Waals surface area contributed by atoms with E-state index in [0.29, 0.717) is 11.1 Å². The molecule has 81 heavy (non-hydrogen) atoms. The number of anilines is 1. The number of halogens is 2. The van der Waals surface area contributed by atoms with E-state index in [0.717, 1.165) is 40.9 Å². The first-order valence-electron chi connectivity index (χ1n) is 25.3. The molecule has 1 fully saturated rings. The van der Waals surface area contributed by atoms with Gasteiger partial charge in [-0.25, -0.2) is 28.1 Å². The van der Waals surface area contributed by atoms with Gasteiger partial charge in [0, 0.05) is 85.4 Å². The number of rotatable bonds is 33. The molecule has 3 aromatic rings. The predicted octanol–water partition coefficient (Wildman–Crippen LogP) is 4.97. The van der Waals surface area contributed by atoms with Crippen LogP contribution in [0.15, 0.2) is 88.1 Å². The molecule has 23 nitrogen and oxygen atoms in total. The van der Waals surface area contributed by atoms with Gasteiger partial charge in [-0.1, -0.05) is 42.5 Å². The fourth-order valence-electron chi connectivity index (χ4n) is 8.61. The molecule has 7 N–H and O–H groups in total. The predicted molar refractivity (Wildman–Crippen MR) is 283 cm³/mol. The SMILES string of the molecule is O=CO[C@H](CCC(=O)O)NC(=O)N[C@@H](CCC(=O)CCCOCCOCCC(=O)C[C@@H](Cc1ccccc1)C(=O)N[C@@H](CSC1CC(=O)N(c2ccc(-c3c4cc(F)c(=O)cc-4oc4cc(O)c(F)cc34)cc2)C1=O)C(=O)O)C(=O)O. The number of nitrogens with one attached hydrogen (secondary N) is 3. The van der Waals surface area contributed by atoms with E-state index in [-0.39, 0.29) is 142 Å². The third-order valence-corrected chi connectivity index (χ3v) is 14.0. The number of urea groups is 1. The van der Waals surface area contributed by atoms with Crippen molar-refractivity contribution < 1.29 is 95.8 Å². The molecule has 430 valence electrons. The maximum absolute atomic E-state index is 14.6. The van der Waals surface area contributed by atoms with Gasteiger partial charge in [0.2, 0.25) is 23.2 Å². The van der Waals surface area contributed by atoms with Gasteiger partial charge in [-0.3, -0.25) is 38.4 Å². The number of aromatic hydroxyl groups is 1. The van der Waals surface area contributed by atoms with Gasteiger partial charge >= 0.3 is 23.9 Å². The quantitative estimate of drug-likeness (QED) is 0.00958. The second kappa shape index (κ2) is 29.6. The summed E-state index contributed by atoms with van der Waals surface area (Å²) in [5, 5.41) is 44.3. The van der Waals surface area contributed by atoms with Gasteiger partial charge < -0.3 is 55.0 Å². The van der Waals surface area contributed by atoms with Crippen LogP contribution in [0.3, 0.4) is 0 Å². The molecule has 1 unspecified atom stereocenters. The summed E-state index contributed by atoms with van der Waals surface area (Å²) in [4.78, 5) is 137. The van der Waals surface area contributed by atoms with Crippen LogP contribution in [-0.2, 0) is 63.8 Å². The number of nitrogens with zero attached hydrogens (tertiary/aromatic N) is 1. The normalized spacial score (nSPS) is 14.7. The number of imide groups is 1. The molecular weight excluding hydrogens is 1090 g/mol. The lowest BCUT2D eigenvalue weighted by atomic mass is 9.92. The number of carbonyl (C=O) groups excluding carboxylic acids is 7. The number of aliphatic carboxylic acids is 3. The van der Waals surface area contributed by atoms with Crippen molar-refractivity contribution in [3.8, 4) is 28.2 Å². The first-order chi connectivity index (χ1) is 38.7. The van der Waals surface area contributed by atoms with E-state index in [2.05, 4.69) is 20.7 Å². The number of benzene rings is 4. The molecule has 2 aliphatic heterocycles. The zero-order valence-corrected chi connectivity index (χ0v) is 43.9. The van der Waals surface area contributed by atoms with E-state index in [4.69, 9.17) is 19.0 Å². The summed E-state index contributed by atoms with van der Waals surface area (Å²) >= 11 is 0.846. The van der Waals surface area contributed by atoms with Crippen LogP contribution in [0.5, 0.6) is 5.75 Å². The zero-order chi connectivity index (χ0) is 58.8. The number of phenols is 1. The van der Waals surface area contributed by atoms with Crippen molar-refractivity contribution >= 4 is 88.1 Å². The number of hydrogen-bond donors (Lipinski definition) is 7. The molecular formula is C55H56F2N4O19S. The molecule has 1 aliphatic carbocycles. The zero-order valence-electron chi connectivity index (χ0n) is 43.1. The molecule has 5 atom stereocenters. The van der Waals surface area contributed by atoms with Crippen molar-refractivity contribution in [3.05, 3.63) is 106 Å². The fourth-order valence-corrected chi connectivity index (χ4v) is 9.77. The number of amides is 5. The summed E-state index contributed by atoms with van der Waals surface area (Å²) in [5.41, 5.74) is 0.514. The van der Waals surface area contributed by atoms with Gasteiger partial charge in [0.1, 0.15) is 35.0 Å². The average molecular weight is 1150 g/mol. The number of thioether (sulfide) groups is 1. The molecule has 3 aromatic carbocycles. The highest BCUT2D eigenvalue weighted by atomic mass is 32.2. The third-order valence-electron chi connectivity index (χ3n) is 12.7. The van der Waals surface area contributed by atoms with E-state index in [1.807, 2.05) is 0 Å². The Balaban J connectivity index is 0.943. The van der Waals surface area contributed by atoms with Crippen molar-refractivity contribution in [2.24, 2.45) is 5.92 Å². The van der Waals surface area contributed by atoms with Crippen molar-refractivity contribution in [1.29, 1.82) is 0 Å². The minimum absolute atomic E-state index is 0.00176. The second-order valence-corrected chi connectivity index (χ2v) is 19.8. The average Bonchev–Trinajstić information content (AvgIpc) is 3.83. The number of carboxylic acids is 3. The molecule has 1 saturated heterocycles. The van der Waals surface area contributed by atoms with E-state index in [1.54, 1.807) is 30.3 Å². The van der Waals surface area contributed by atoms with Crippen LogP contribution in [0, 0.1) is 17.6 Å². The van der Waals surface area contributed by atoms with Crippen molar-refractivity contribution in [2.75, 3.05) is 37.1 Å². The van der Waals surface area contributed by atoms with Crippen molar-refractivity contribution in [2.45, 2.75) is 87.8 Å². The molecule has 0 saturated carbocycles. The molecule has 0 bridgehead atoms. The van der Waals surface area contributed by atoms with E-state index < -0.39 is 100 Å². The fraction of sp³-hybridized carbons (Fsp3) is 0.364. The Labute approximate surface area is 463 Å². The number of ketones is 2. The topological polar surface area (TPSA) is 349 Å². The Kier molecular flexibility index (Phi) is 22.5. The Morgan fingerprint density at radius 2 is 1.47 bits per heavy atom. The summed E-state index contributed by atoms with van der Waals surface area (Å²) in [6, 6.07) is 14.3. The largest absolute Gasteiger partial charge is 0.505 e. The van der Waals surface area contributed by atoms with Crippen LogP contribution in [0.1, 0.15) is 63.4 Å². The van der Waals surface area contributed by atoms with Crippen LogP contribution in [-0.4, -0.2) is 136 Å². The highest BCUT2D eigenvalue weighted by molar-refractivity contribution is 8.00. The Hall–Kier alpha value is -8.62. The summed E-state index contributed by atoms with van der Waals surface area (Å²) in [6.45, 7) is 0.270. The van der Waals surface area contributed by atoms with Crippen LogP contribution < -0.4 is 26.3 Å². The highest BCUT2D eigenvalue weighted by Crippen LogP contribution is 2.42. The lowest BCUT2D eigenvalue weighted by molar-refractivity contribution is -0.142. The van der Waals surface area contributed by atoms with Gasteiger partial charge in [-0.05, 0) is 54.7 Å². The van der Waals surface area contributed by atoms with E-state index in [9.17, 15) is 76.8 Å². The van der Waals surface area contributed by atoms with Crippen LogP contribution in [0.4, 0.5) is 19.3 Å². The Morgan fingerprint density at radius 1 is 0.765 bits per heavy atom. The van der Waals surface area contributed by atoms with Crippen LogP contribution in [0.2, 0.25) is 0 Å². The van der Waals surface area contributed by atoms with Gasteiger partial charge in [-0.15, -0.1) is 11.8 Å². The summed E-state index contributed by atoms with van der Waals surface area (Å²) in [6.07, 6.45) is -2.79. The van der Waals surface area contributed by atoms with Gasteiger partial charge in [-0.2, -0.15) is 0 Å². The Morgan fingerprint density at radius 3 is 2.15 bits per heavy atom. The van der Waals surface area contributed by atoms with Crippen molar-refractivity contribution in [1.82, 2.24) is 16.0 Å². The van der Waals surface area contributed by atoms with Crippen LogP contribution >= 0.6 is 11.8 Å². The number of carbonyl (C=O) groups is 10. The van der Waals surface area contributed by atoms with Gasteiger partial charge in [0.05, 0.1) is 37.2 Å². The number of ether oxygens (including phenoxy) is 3. The van der Waals surface area contributed by atoms with Gasteiger partial charge in [0.25, 0.3) is 6.47 Å². The second-order valence-electron chi connectivity index (χ2n) is 18.5. The standard InChI is InChI=1S/C55H56F2N4O19S/c56-38-23-36-44(25-42(38)65)80-45-26-43(66)39(57)24-37(45)50(36)31-8-10-33(11-9-31)61-48(67)27-46(52(61)71)81-28-41(54(74)75)58-51(70)32(21-30-5-2-1-3-6-30)22-35(64)16-18-78-20-19-77-17-4-7-34(63)12-13-40(53(72)73)59-55(76)60-47(79-29-62)14-15-49(68)69/h1-3,5-6,8-11,23-26,29,32,40-41,46-47,65H,4,7,12-22,27-28H2,(H,58,70)(H,68,69)(H,72,73)(H,74,75)(H2,59,60,76)/t32-,40+,41+,46?,47-/m1/s1. The van der Waals surface area contributed by atoms with E-state index >= 15 is 0 Å². The first kappa shape index (κ1) is 61.6. The Bertz CT molecular complexity index is 3160. The summed E-state index contributed by atoms with van der Waals surface area (Å²) in [5.74, 6) is -11.0. The maximum atomic E-state index is 14.6. The third kappa shape index (κ3) is 17.7. The maximum Gasteiger partial charge on any atom is 0.327 e. The number of hydrogen-bond acceptors (Lipinski definition) is 17. The van der Waals surface area contributed by atoms with E-state index in [1.165, 1.54) is 24.3 Å². The number of Topliss-reactive ketones (excluding diaryl/α,β-unsaturated/α-hetero) is 2. The molecule has 0 radical (unpaired) electrons. The molecule has 3 aliphatic rings. The summed E-state index contributed by atoms with van der Waals surface area (Å²) < 4.78 is 50.6. The molecule has 26 heteroatoms. The monoisotopic (exact) mass is 1150 g/mol. The molecule has 6 rings (SSSR count). The van der Waals surface area contributed by atoms with Gasteiger partial charge in [0.15, 0.2) is 23.6 Å². The lowest BCUT2D eigenvalue weighted by Gasteiger charge is -2.21. The first-order valence-corrected chi connectivity index (χ1v) is 26.3. The molecule has 0 aromatic heterocycles. The molecule has 0 spiro atoms. The minimum Gasteiger partial charge on any atom is -0.505 e. The minimum atomic E-state index is -1.54.